The molecule has 1 amide bonds. The van der Waals surface area contributed by atoms with Gasteiger partial charge in [-0.15, -0.1) is 0 Å². The number of carbonyl (C=O) groups excluding carboxylic acids is 1. The molecule has 2 aromatic rings. The Morgan fingerprint density at radius 2 is 1.74 bits per heavy atom. The predicted molar refractivity (Wildman–Crippen MR) is 91.7 cm³/mol. The van der Waals surface area contributed by atoms with Gasteiger partial charge in [0.05, 0.1) is 0 Å². The molecule has 1 aliphatic heterocycles. The summed E-state index contributed by atoms with van der Waals surface area (Å²) < 4.78 is 2.05. The lowest BCUT2D eigenvalue weighted by Crippen LogP contribution is -2.44. The molecule has 120 valence electrons. The highest BCUT2D eigenvalue weighted by atomic mass is 16.2. The van der Waals surface area contributed by atoms with Crippen molar-refractivity contribution in [2.45, 2.75) is 32.1 Å². The number of aromatic nitrogens is 1. The summed E-state index contributed by atoms with van der Waals surface area (Å²) in [5.41, 5.74) is 1.86. The molecule has 1 aromatic carbocycles. The largest absolute Gasteiger partial charge is 0.338 e. The Kier molecular flexibility index (Phi) is 3.94. The van der Waals surface area contributed by atoms with E-state index in [0.29, 0.717) is 0 Å². The van der Waals surface area contributed by atoms with Crippen LogP contribution in [0.5, 0.6) is 0 Å². The molecule has 1 aromatic heterocycles. The highest BCUT2D eigenvalue weighted by molar-refractivity contribution is 5.94. The van der Waals surface area contributed by atoms with Crippen molar-refractivity contribution >= 4 is 5.91 Å². The van der Waals surface area contributed by atoms with E-state index in [0.717, 1.165) is 36.2 Å². The Hall–Kier alpha value is -2.03. The van der Waals surface area contributed by atoms with Gasteiger partial charge in [-0.3, -0.25) is 4.79 Å². The van der Waals surface area contributed by atoms with E-state index in [1.54, 1.807) is 0 Å². The molecule has 0 unspecified atom stereocenters. The smallest absolute Gasteiger partial charge is 0.253 e. The van der Waals surface area contributed by atoms with E-state index in [-0.39, 0.29) is 5.91 Å². The molecule has 1 aliphatic carbocycles. The van der Waals surface area contributed by atoms with Gasteiger partial charge in [0.25, 0.3) is 5.91 Å². The van der Waals surface area contributed by atoms with Gasteiger partial charge in [-0.05, 0) is 55.0 Å². The molecule has 2 heterocycles. The number of rotatable bonds is 2. The van der Waals surface area contributed by atoms with Crippen LogP contribution in [0, 0.1) is 11.8 Å². The maximum atomic E-state index is 12.9. The highest BCUT2D eigenvalue weighted by Crippen LogP contribution is 2.36. The average molecular weight is 308 g/mol. The van der Waals surface area contributed by atoms with Crippen LogP contribution >= 0.6 is 0 Å². The monoisotopic (exact) mass is 308 g/mol. The fourth-order valence-corrected chi connectivity index (χ4v) is 4.27. The number of carbonyl (C=O) groups is 1. The van der Waals surface area contributed by atoms with Crippen LogP contribution in [0.1, 0.15) is 42.5 Å². The molecule has 3 heteroatoms. The zero-order valence-electron chi connectivity index (χ0n) is 13.5. The van der Waals surface area contributed by atoms with Crippen molar-refractivity contribution in [3.8, 4) is 5.69 Å². The Bertz CT molecular complexity index is 677. The van der Waals surface area contributed by atoms with Gasteiger partial charge >= 0.3 is 0 Å². The van der Waals surface area contributed by atoms with E-state index in [1.165, 1.54) is 32.1 Å². The number of benzene rings is 1. The fourth-order valence-electron chi connectivity index (χ4n) is 4.27. The van der Waals surface area contributed by atoms with Gasteiger partial charge in [0.15, 0.2) is 0 Å². The van der Waals surface area contributed by atoms with Crippen LogP contribution in [0.3, 0.4) is 0 Å². The normalized spacial score (nSPS) is 24.3. The molecule has 0 spiro atoms. The summed E-state index contributed by atoms with van der Waals surface area (Å²) in [4.78, 5) is 15.0. The number of nitrogens with zero attached hydrogens (tertiary/aromatic N) is 2. The van der Waals surface area contributed by atoms with Gasteiger partial charge in [-0.25, -0.2) is 0 Å². The van der Waals surface area contributed by atoms with Crippen LogP contribution in [0.4, 0.5) is 0 Å². The molecule has 0 N–H and O–H groups in total. The molecule has 2 atom stereocenters. The fraction of sp³-hybridized carbons (Fsp3) is 0.450. The molecule has 1 saturated heterocycles. The van der Waals surface area contributed by atoms with E-state index in [4.69, 9.17) is 0 Å². The van der Waals surface area contributed by atoms with Gasteiger partial charge in [0, 0.05) is 36.7 Å². The first-order valence-electron chi connectivity index (χ1n) is 8.84. The second-order valence-electron chi connectivity index (χ2n) is 6.99. The van der Waals surface area contributed by atoms with Crippen molar-refractivity contribution in [3.63, 3.8) is 0 Å². The van der Waals surface area contributed by atoms with Crippen molar-refractivity contribution in [1.82, 2.24) is 9.47 Å². The molecule has 3 nitrogen and oxygen atoms in total. The minimum Gasteiger partial charge on any atom is -0.338 e. The third kappa shape index (κ3) is 2.92. The van der Waals surface area contributed by atoms with E-state index in [2.05, 4.69) is 4.90 Å². The van der Waals surface area contributed by atoms with Gasteiger partial charge < -0.3 is 9.47 Å². The van der Waals surface area contributed by atoms with E-state index >= 15 is 0 Å². The first-order chi connectivity index (χ1) is 11.3. The van der Waals surface area contributed by atoms with Crippen molar-refractivity contribution in [2.75, 3.05) is 13.1 Å². The van der Waals surface area contributed by atoms with E-state index < -0.39 is 0 Å². The summed E-state index contributed by atoms with van der Waals surface area (Å²) >= 11 is 0. The number of piperidine rings is 1. The lowest BCUT2D eigenvalue weighted by atomic mass is 9.75. The Labute approximate surface area is 137 Å². The minimum absolute atomic E-state index is 0.197. The van der Waals surface area contributed by atoms with Gasteiger partial charge in [-0.2, -0.15) is 0 Å². The average Bonchev–Trinajstić information content (AvgIpc) is 3.15. The number of hydrogen-bond acceptors (Lipinski definition) is 1. The first kappa shape index (κ1) is 14.6. The molecule has 2 aliphatic rings. The molecule has 23 heavy (non-hydrogen) atoms. The van der Waals surface area contributed by atoms with Crippen LogP contribution in [-0.2, 0) is 0 Å². The van der Waals surface area contributed by atoms with E-state index in [9.17, 15) is 4.79 Å². The van der Waals surface area contributed by atoms with Crippen LogP contribution in [0.2, 0.25) is 0 Å². The van der Waals surface area contributed by atoms with Crippen LogP contribution < -0.4 is 0 Å². The van der Waals surface area contributed by atoms with Crippen molar-refractivity contribution in [1.29, 1.82) is 0 Å². The number of amides is 1. The minimum atomic E-state index is 0.197. The summed E-state index contributed by atoms with van der Waals surface area (Å²) in [6, 6.07) is 12.0. The summed E-state index contributed by atoms with van der Waals surface area (Å²) in [6.45, 7) is 1.88. The zero-order chi connectivity index (χ0) is 15.6. The molecule has 0 bridgehead atoms. The van der Waals surface area contributed by atoms with Gasteiger partial charge in [-0.1, -0.05) is 25.3 Å². The van der Waals surface area contributed by atoms with Crippen molar-refractivity contribution in [3.05, 3.63) is 54.4 Å². The second-order valence-corrected chi connectivity index (χ2v) is 6.99. The molecular formula is C20H24N2O. The molecule has 2 fully saturated rings. The van der Waals surface area contributed by atoms with Crippen molar-refractivity contribution < 1.29 is 4.79 Å². The molecular weight excluding hydrogens is 284 g/mol. The number of likely N-dealkylation sites (tertiary alicyclic amines) is 1. The van der Waals surface area contributed by atoms with E-state index in [1.807, 2.05) is 53.4 Å². The Balaban J connectivity index is 1.52. The number of fused-ring (bicyclic) bond motifs is 1. The quantitative estimate of drug-likeness (QED) is 0.819. The molecule has 4 rings (SSSR count). The lowest BCUT2D eigenvalue weighted by Gasteiger charge is -2.41. The maximum absolute atomic E-state index is 12.9. The molecule has 0 radical (unpaired) electrons. The third-order valence-electron chi connectivity index (χ3n) is 5.57. The standard InChI is InChI=1S/C20H24N2O/c23-20(22-13-10-16-6-1-2-7-18(16)15-22)17-8-5-9-19(14-17)21-11-3-4-12-21/h3-5,8-9,11-12,14,16,18H,1-2,6-7,10,13,15H2/t16-,18+/m0/s1. The SMILES string of the molecule is O=C(c1cccc(-n2cccc2)c1)N1CC[C@@H]2CCCC[C@@H]2C1. The van der Waals surface area contributed by atoms with Gasteiger partial charge in [0.1, 0.15) is 0 Å². The first-order valence-corrected chi connectivity index (χ1v) is 8.84. The Morgan fingerprint density at radius 1 is 0.957 bits per heavy atom. The lowest BCUT2D eigenvalue weighted by molar-refractivity contribution is 0.0521. The second kappa shape index (κ2) is 6.23. The van der Waals surface area contributed by atoms with Crippen LogP contribution in [0.15, 0.2) is 48.8 Å². The summed E-state index contributed by atoms with van der Waals surface area (Å²) in [6.07, 6.45) is 10.6. The highest BCUT2D eigenvalue weighted by Gasteiger charge is 2.33. The number of hydrogen-bond donors (Lipinski definition) is 0. The summed E-state index contributed by atoms with van der Waals surface area (Å²) in [7, 11) is 0. The molecule has 1 saturated carbocycles. The summed E-state index contributed by atoms with van der Waals surface area (Å²) in [5.74, 6) is 1.79. The van der Waals surface area contributed by atoms with Gasteiger partial charge in [0.2, 0.25) is 0 Å². The topological polar surface area (TPSA) is 25.2 Å². The Morgan fingerprint density at radius 3 is 2.57 bits per heavy atom. The summed E-state index contributed by atoms with van der Waals surface area (Å²) in [5, 5.41) is 0. The zero-order valence-corrected chi connectivity index (χ0v) is 13.5. The van der Waals surface area contributed by atoms with Crippen LogP contribution in [-0.4, -0.2) is 28.5 Å². The maximum Gasteiger partial charge on any atom is 0.253 e. The van der Waals surface area contributed by atoms with Crippen LogP contribution in [0.25, 0.3) is 5.69 Å². The third-order valence-corrected chi connectivity index (χ3v) is 5.57. The van der Waals surface area contributed by atoms with Crippen molar-refractivity contribution in [2.24, 2.45) is 11.8 Å². The predicted octanol–water partition coefficient (Wildman–Crippen LogP) is 4.13.